The Labute approximate surface area is 202 Å². The van der Waals surface area contributed by atoms with Crippen LogP contribution in [-0.2, 0) is 13.0 Å². The van der Waals surface area contributed by atoms with Crippen LogP contribution < -0.4 is 10.1 Å². The molecule has 1 N–H and O–H groups in total. The number of nitrogens with zero attached hydrogens (tertiary/aromatic N) is 1. The predicted molar refractivity (Wildman–Crippen MR) is 133 cm³/mol. The van der Waals surface area contributed by atoms with Gasteiger partial charge in [0.1, 0.15) is 17.9 Å². The largest absolute Gasteiger partial charge is 0.489 e. The maximum atomic E-state index is 12.8. The van der Waals surface area contributed by atoms with E-state index in [9.17, 15) is 4.79 Å². The van der Waals surface area contributed by atoms with Crippen LogP contribution in [0.25, 0.3) is 11.1 Å². The first-order valence-corrected chi connectivity index (χ1v) is 11.2. The Kier molecular flexibility index (Phi) is 6.27. The molecule has 0 aliphatic rings. The third kappa shape index (κ3) is 5.27. The van der Waals surface area contributed by atoms with Crippen LogP contribution >= 0.6 is 11.6 Å². The monoisotopic (exact) mass is 468 g/mol. The number of hydrogen-bond donors (Lipinski definition) is 1. The summed E-state index contributed by atoms with van der Waals surface area (Å²) >= 11 is 5.95. The fourth-order valence-corrected chi connectivity index (χ4v) is 3.70. The molecule has 0 atom stereocenters. The van der Waals surface area contributed by atoms with Crippen molar-refractivity contribution in [3.05, 3.63) is 125 Å². The Hall–Kier alpha value is -4.09. The van der Waals surface area contributed by atoms with Crippen molar-refractivity contribution < 1.29 is 13.9 Å². The lowest BCUT2D eigenvalue weighted by atomic mass is 10.1. The van der Waals surface area contributed by atoms with Crippen LogP contribution in [0, 0.1) is 0 Å². The molecule has 1 amide bonds. The van der Waals surface area contributed by atoms with E-state index in [-0.39, 0.29) is 5.91 Å². The van der Waals surface area contributed by atoms with Crippen LogP contribution in [-0.4, -0.2) is 10.9 Å². The molecule has 0 saturated heterocycles. The first-order chi connectivity index (χ1) is 16.6. The summed E-state index contributed by atoms with van der Waals surface area (Å²) in [4.78, 5) is 17.4. The van der Waals surface area contributed by atoms with E-state index >= 15 is 0 Å². The SMILES string of the molecule is O=C(Nc1ccc2oc(Cc3ccc(Cl)cc3)nc2c1)c1cccc(OCc2ccccc2)c1. The normalized spacial score (nSPS) is 10.9. The molecule has 34 heavy (non-hydrogen) atoms. The second-order valence-electron chi connectivity index (χ2n) is 7.85. The third-order valence-electron chi connectivity index (χ3n) is 5.30. The molecule has 0 fully saturated rings. The fourth-order valence-electron chi connectivity index (χ4n) is 3.58. The molecular formula is C28H21ClN2O3. The van der Waals surface area contributed by atoms with Gasteiger partial charge in [0.05, 0.1) is 0 Å². The van der Waals surface area contributed by atoms with Crippen molar-refractivity contribution in [1.29, 1.82) is 0 Å². The zero-order valence-corrected chi connectivity index (χ0v) is 19.0. The highest BCUT2D eigenvalue weighted by Crippen LogP contribution is 2.23. The average molecular weight is 469 g/mol. The number of ether oxygens (including phenoxy) is 1. The molecule has 1 aromatic heterocycles. The summed E-state index contributed by atoms with van der Waals surface area (Å²) in [5, 5.41) is 3.62. The number of amides is 1. The molecule has 0 aliphatic carbocycles. The van der Waals surface area contributed by atoms with Crippen molar-refractivity contribution in [2.75, 3.05) is 5.32 Å². The topological polar surface area (TPSA) is 64.4 Å². The van der Waals surface area contributed by atoms with E-state index < -0.39 is 0 Å². The molecule has 5 nitrogen and oxygen atoms in total. The molecule has 0 saturated carbocycles. The van der Waals surface area contributed by atoms with Crippen molar-refractivity contribution in [2.24, 2.45) is 0 Å². The molecule has 4 aromatic carbocycles. The van der Waals surface area contributed by atoms with Crippen molar-refractivity contribution in [2.45, 2.75) is 13.0 Å². The van der Waals surface area contributed by atoms with E-state index in [1.165, 1.54) is 0 Å². The van der Waals surface area contributed by atoms with E-state index in [1.54, 1.807) is 30.3 Å². The molecule has 1 heterocycles. The summed E-state index contributed by atoms with van der Waals surface area (Å²) in [6, 6.07) is 30.0. The number of oxazole rings is 1. The van der Waals surface area contributed by atoms with Gasteiger partial charge in [0.15, 0.2) is 11.5 Å². The fraction of sp³-hybridized carbons (Fsp3) is 0.0714. The third-order valence-corrected chi connectivity index (χ3v) is 5.55. The van der Waals surface area contributed by atoms with Gasteiger partial charge in [-0.2, -0.15) is 0 Å². The number of rotatable bonds is 7. The van der Waals surface area contributed by atoms with Crippen molar-refractivity contribution in [3.8, 4) is 5.75 Å². The lowest BCUT2D eigenvalue weighted by Crippen LogP contribution is -2.12. The highest BCUT2D eigenvalue weighted by molar-refractivity contribution is 6.30. The first kappa shape index (κ1) is 21.7. The molecule has 0 unspecified atom stereocenters. The molecule has 0 aliphatic heterocycles. The quantitative estimate of drug-likeness (QED) is 0.282. The Morgan fingerprint density at radius 3 is 2.53 bits per heavy atom. The van der Waals surface area contributed by atoms with Crippen LogP contribution in [0.5, 0.6) is 5.75 Å². The molecule has 5 aromatic rings. The summed E-state index contributed by atoms with van der Waals surface area (Å²) < 4.78 is 11.7. The van der Waals surface area contributed by atoms with Gasteiger partial charge < -0.3 is 14.5 Å². The van der Waals surface area contributed by atoms with Crippen molar-refractivity contribution >= 4 is 34.3 Å². The van der Waals surface area contributed by atoms with Crippen LogP contribution in [0.4, 0.5) is 5.69 Å². The number of carbonyl (C=O) groups is 1. The maximum absolute atomic E-state index is 12.8. The smallest absolute Gasteiger partial charge is 0.255 e. The average Bonchev–Trinajstić information content (AvgIpc) is 3.26. The highest BCUT2D eigenvalue weighted by Gasteiger charge is 2.11. The minimum absolute atomic E-state index is 0.227. The lowest BCUT2D eigenvalue weighted by molar-refractivity contribution is 0.102. The van der Waals surface area contributed by atoms with Crippen LogP contribution in [0.1, 0.15) is 27.4 Å². The van der Waals surface area contributed by atoms with E-state index in [0.717, 1.165) is 11.1 Å². The molecule has 6 heteroatoms. The molecule has 5 rings (SSSR count). The summed E-state index contributed by atoms with van der Waals surface area (Å²) in [6.07, 6.45) is 0.559. The summed E-state index contributed by atoms with van der Waals surface area (Å²) in [7, 11) is 0. The van der Waals surface area contributed by atoms with E-state index in [2.05, 4.69) is 10.3 Å². The number of anilines is 1. The summed E-state index contributed by atoms with van der Waals surface area (Å²) in [5.74, 6) is 1.01. The maximum Gasteiger partial charge on any atom is 0.255 e. The van der Waals surface area contributed by atoms with E-state index in [0.29, 0.717) is 52.0 Å². The van der Waals surface area contributed by atoms with Crippen LogP contribution in [0.2, 0.25) is 5.02 Å². The second-order valence-corrected chi connectivity index (χ2v) is 8.29. The lowest BCUT2D eigenvalue weighted by Gasteiger charge is -2.09. The van der Waals surface area contributed by atoms with Gasteiger partial charge in [-0.15, -0.1) is 0 Å². The number of carbonyl (C=O) groups excluding carboxylic acids is 1. The van der Waals surface area contributed by atoms with Crippen LogP contribution in [0.15, 0.2) is 101 Å². The standard InChI is InChI=1S/C28H21ClN2O3/c29-22-11-9-19(10-12-22)15-27-31-25-17-23(13-14-26(25)34-27)30-28(32)21-7-4-8-24(16-21)33-18-20-5-2-1-3-6-20/h1-14,16-17H,15,18H2,(H,30,32). The highest BCUT2D eigenvalue weighted by atomic mass is 35.5. The number of hydrogen-bond acceptors (Lipinski definition) is 4. The number of benzene rings is 4. The van der Waals surface area contributed by atoms with E-state index in [1.807, 2.05) is 66.7 Å². The van der Waals surface area contributed by atoms with Gasteiger partial charge in [-0.1, -0.05) is 60.1 Å². The van der Waals surface area contributed by atoms with E-state index in [4.69, 9.17) is 20.8 Å². The molecule has 168 valence electrons. The van der Waals surface area contributed by atoms with Gasteiger partial charge in [-0.05, 0) is 59.7 Å². The molecule has 0 bridgehead atoms. The van der Waals surface area contributed by atoms with Crippen LogP contribution in [0.3, 0.4) is 0 Å². The number of fused-ring (bicyclic) bond motifs is 1. The number of aromatic nitrogens is 1. The van der Waals surface area contributed by atoms with Gasteiger partial charge in [0, 0.05) is 22.7 Å². The predicted octanol–water partition coefficient (Wildman–Crippen LogP) is 6.90. The summed E-state index contributed by atoms with van der Waals surface area (Å²) in [6.45, 7) is 0.438. The Balaban J connectivity index is 1.26. The minimum atomic E-state index is -0.227. The Morgan fingerprint density at radius 2 is 1.71 bits per heavy atom. The van der Waals surface area contributed by atoms with Gasteiger partial charge in [-0.25, -0.2) is 4.98 Å². The second kappa shape index (κ2) is 9.81. The minimum Gasteiger partial charge on any atom is -0.489 e. The van der Waals surface area contributed by atoms with Gasteiger partial charge in [0.2, 0.25) is 0 Å². The van der Waals surface area contributed by atoms with Gasteiger partial charge in [-0.3, -0.25) is 4.79 Å². The number of halogens is 1. The van der Waals surface area contributed by atoms with Gasteiger partial charge >= 0.3 is 0 Å². The van der Waals surface area contributed by atoms with Gasteiger partial charge in [0.25, 0.3) is 5.91 Å². The Bertz CT molecular complexity index is 1430. The molecule has 0 spiro atoms. The zero-order valence-electron chi connectivity index (χ0n) is 18.2. The summed E-state index contributed by atoms with van der Waals surface area (Å²) in [5.41, 5.74) is 4.61. The Morgan fingerprint density at radius 1 is 0.882 bits per heavy atom. The number of nitrogens with one attached hydrogen (secondary N) is 1. The molecule has 0 radical (unpaired) electrons. The molecular weight excluding hydrogens is 448 g/mol. The van der Waals surface area contributed by atoms with Crippen molar-refractivity contribution in [3.63, 3.8) is 0 Å². The first-order valence-electron chi connectivity index (χ1n) is 10.8. The van der Waals surface area contributed by atoms with Crippen molar-refractivity contribution in [1.82, 2.24) is 4.98 Å². The zero-order chi connectivity index (χ0) is 23.3.